The van der Waals surface area contributed by atoms with Gasteiger partial charge >= 0.3 is 0 Å². The lowest BCUT2D eigenvalue weighted by atomic mass is 10.3. The number of rotatable bonds is 8. The number of carbonyl (C=O) groups is 2. The predicted molar refractivity (Wildman–Crippen MR) is 86.4 cm³/mol. The number of hydrogen-bond acceptors (Lipinski definition) is 4. The van der Waals surface area contributed by atoms with Crippen molar-refractivity contribution in [3.05, 3.63) is 52.6 Å². The Hall–Kier alpha value is -2.34. The Bertz CT molecular complexity index is 603. The molecular weight excluding hydrogens is 300 g/mol. The summed E-state index contributed by atoms with van der Waals surface area (Å²) in [6.45, 7) is 0.928. The second-order valence-corrected chi connectivity index (χ2v) is 5.60. The van der Waals surface area contributed by atoms with Gasteiger partial charge in [-0.1, -0.05) is 6.07 Å². The summed E-state index contributed by atoms with van der Waals surface area (Å²) < 4.78 is 5.07. The lowest BCUT2D eigenvalue weighted by molar-refractivity contribution is -0.121. The van der Waals surface area contributed by atoms with Gasteiger partial charge in [0.2, 0.25) is 11.8 Å². The van der Waals surface area contributed by atoms with Gasteiger partial charge in [-0.2, -0.15) is 0 Å². The van der Waals surface area contributed by atoms with Gasteiger partial charge in [0.05, 0.1) is 6.26 Å². The van der Waals surface area contributed by atoms with Gasteiger partial charge in [-0.15, -0.1) is 11.3 Å². The average molecular weight is 318 g/mol. The summed E-state index contributed by atoms with van der Waals surface area (Å²) in [7, 11) is 0. The highest BCUT2D eigenvalue weighted by Gasteiger charge is 2.02. The van der Waals surface area contributed by atoms with E-state index in [-0.39, 0.29) is 18.2 Å². The average Bonchev–Trinajstić information content (AvgIpc) is 3.18. The summed E-state index contributed by atoms with van der Waals surface area (Å²) in [6, 6.07) is 7.54. The minimum Gasteiger partial charge on any atom is -0.465 e. The Kier molecular flexibility index (Phi) is 6.44. The summed E-state index contributed by atoms with van der Waals surface area (Å²) in [5.74, 6) is 0.302. The zero-order valence-electron chi connectivity index (χ0n) is 12.1. The Labute approximate surface area is 133 Å². The molecule has 0 aromatic carbocycles. The SMILES string of the molecule is O=C(C=Cc1ccco1)NCCC(=O)NCCc1cccs1. The molecule has 0 aliphatic carbocycles. The van der Waals surface area contributed by atoms with Crippen molar-refractivity contribution in [2.75, 3.05) is 13.1 Å². The minimum absolute atomic E-state index is 0.0631. The first-order valence-electron chi connectivity index (χ1n) is 7.02. The summed E-state index contributed by atoms with van der Waals surface area (Å²) >= 11 is 1.68. The lowest BCUT2D eigenvalue weighted by Crippen LogP contribution is -2.30. The Morgan fingerprint density at radius 3 is 2.82 bits per heavy atom. The zero-order valence-corrected chi connectivity index (χ0v) is 12.9. The fourth-order valence-corrected chi connectivity index (χ4v) is 2.48. The molecule has 2 rings (SSSR count). The van der Waals surface area contributed by atoms with Crippen molar-refractivity contribution in [1.29, 1.82) is 0 Å². The first-order valence-corrected chi connectivity index (χ1v) is 7.90. The second-order valence-electron chi connectivity index (χ2n) is 4.57. The third-order valence-electron chi connectivity index (χ3n) is 2.87. The maximum absolute atomic E-state index is 11.6. The van der Waals surface area contributed by atoms with Crippen LogP contribution < -0.4 is 10.6 Å². The van der Waals surface area contributed by atoms with Crippen LogP contribution in [0, 0.1) is 0 Å². The van der Waals surface area contributed by atoms with Gasteiger partial charge in [-0.05, 0) is 36.1 Å². The lowest BCUT2D eigenvalue weighted by Gasteiger charge is -2.04. The second kappa shape index (κ2) is 8.84. The predicted octanol–water partition coefficient (Wildman–Crippen LogP) is 2.22. The molecule has 0 saturated heterocycles. The van der Waals surface area contributed by atoms with E-state index in [4.69, 9.17) is 4.42 Å². The van der Waals surface area contributed by atoms with Crippen molar-refractivity contribution in [3.63, 3.8) is 0 Å². The Balaban J connectivity index is 1.55. The quantitative estimate of drug-likeness (QED) is 0.733. The summed E-state index contributed by atoms with van der Waals surface area (Å²) in [5, 5.41) is 7.50. The molecule has 0 fully saturated rings. The molecule has 0 radical (unpaired) electrons. The molecule has 2 heterocycles. The van der Waals surface area contributed by atoms with E-state index in [2.05, 4.69) is 10.6 Å². The zero-order chi connectivity index (χ0) is 15.6. The van der Waals surface area contributed by atoms with Crippen molar-refractivity contribution in [2.45, 2.75) is 12.8 Å². The topological polar surface area (TPSA) is 71.3 Å². The van der Waals surface area contributed by atoms with E-state index in [9.17, 15) is 9.59 Å². The molecular formula is C16H18N2O3S. The van der Waals surface area contributed by atoms with Gasteiger partial charge in [0.15, 0.2) is 0 Å². The monoisotopic (exact) mass is 318 g/mol. The number of carbonyl (C=O) groups excluding carboxylic acids is 2. The van der Waals surface area contributed by atoms with E-state index >= 15 is 0 Å². The molecule has 2 amide bonds. The fourth-order valence-electron chi connectivity index (χ4n) is 1.77. The van der Waals surface area contributed by atoms with Crippen molar-refractivity contribution in [1.82, 2.24) is 10.6 Å². The molecule has 0 aliphatic rings. The molecule has 2 N–H and O–H groups in total. The molecule has 2 aromatic heterocycles. The number of hydrogen-bond donors (Lipinski definition) is 2. The van der Waals surface area contributed by atoms with Crippen molar-refractivity contribution >= 4 is 29.2 Å². The Morgan fingerprint density at radius 2 is 2.09 bits per heavy atom. The fraction of sp³-hybridized carbons (Fsp3) is 0.250. The third-order valence-corrected chi connectivity index (χ3v) is 3.80. The minimum atomic E-state index is -0.247. The van der Waals surface area contributed by atoms with Gasteiger partial charge in [0.25, 0.3) is 0 Å². The highest BCUT2D eigenvalue weighted by molar-refractivity contribution is 7.09. The van der Waals surface area contributed by atoms with E-state index < -0.39 is 0 Å². The molecule has 116 valence electrons. The van der Waals surface area contributed by atoms with Crippen LogP contribution in [0.15, 0.2) is 46.4 Å². The molecule has 5 nitrogen and oxygen atoms in total. The molecule has 0 bridgehead atoms. The van der Waals surface area contributed by atoms with Crippen LogP contribution in [-0.2, 0) is 16.0 Å². The number of amides is 2. The maximum Gasteiger partial charge on any atom is 0.244 e. The molecule has 0 spiro atoms. The molecule has 0 unspecified atom stereocenters. The molecule has 2 aromatic rings. The van der Waals surface area contributed by atoms with Gasteiger partial charge in [0.1, 0.15) is 5.76 Å². The van der Waals surface area contributed by atoms with E-state index in [1.807, 2.05) is 17.5 Å². The smallest absolute Gasteiger partial charge is 0.244 e. The number of thiophene rings is 1. The largest absolute Gasteiger partial charge is 0.465 e. The molecule has 0 aliphatic heterocycles. The number of furan rings is 1. The van der Waals surface area contributed by atoms with Crippen molar-refractivity contribution in [3.8, 4) is 0 Å². The van der Waals surface area contributed by atoms with Crippen LogP contribution in [0.2, 0.25) is 0 Å². The first-order chi connectivity index (χ1) is 10.7. The standard InChI is InChI=1S/C16H18N2O3S/c19-15(6-5-13-3-1-11-21-13)18-10-8-16(20)17-9-7-14-4-2-12-22-14/h1-6,11-12H,7-10H2,(H,17,20)(H,18,19). The third kappa shape index (κ3) is 5.97. The maximum atomic E-state index is 11.6. The summed E-state index contributed by atoms with van der Waals surface area (Å²) in [4.78, 5) is 24.4. The van der Waals surface area contributed by atoms with Crippen LogP contribution in [0.3, 0.4) is 0 Å². The van der Waals surface area contributed by atoms with Crippen LogP contribution in [0.4, 0.5) is 0 Å². The Morgan fingerprint density at radius 1 is 1.18 bits per heavy atom. The van der Waals surface area contributed by atoms with E-state index in [1.54, 1.807) is 29.5 Å². The van der Waals surface area contributed by atoms with Crippen LogP contribution in [-0.4, -0.2) is 24.9 Å². The van der Waals surface area contributed by atoms with Crippen LogP contribution >= 0.6 is 11.3 Å². The molecule has 6 heteroatoms. The van der Waals surface area contributed by atoms with Crippen LogP contribution in [0.25, 0.3) is 6.08 Å². The van der Waals surface area contributed by atoms with Gasteiger partial charge < -0.3 is 15.1 Å². The van der Waals surface area contributed by atoms with E-state index in [1.165, 1.54) is 17.2 Å². The summed E-state index contributed by atoms with van der Waals surface area (Å²) in [6.07, 6.45) is 5.61. The van der Waals surface area contributed by atoms with Crippen LogP contribution in [0.1, 0.15) is 17.1 Å². The van der Waals surface area contributed by atoms with E-state index in [0.717, 1.165) is 6.42 Å². The summed E-state index contributed by atoms with van der Waals surface area (Å²) in [5.41, 5.74) is 0. The van der Waals surface area contributed by atoms with Crippen molar-refractivity contribution < 1.29 is 14.0 Å². The first kappa shape index (κ1) is 16.0. The van der Waals surface area contributed by atoms with Crippen molar-refractivity contribution in [2.24, 2.45) is 0 Å². The van der Waals surface area contributed by atoms with Gasteiger partial charge in [-0.3, -0.25) is 9.59 Å². The molecule has 22 heavy (non-hydrogen) atoms. The molecule has 0 saturated carbocycles. The van der Waals surface area contributed by atoms with Gasteiger partial charge in [-0.25, -0.2) is 0 Å². The molecule has 0 atom stereocenters. The normalized spacial score (nSPS) is 10.7. The highest BCUT2D eigenvalue weighted by Crippen LogP contribution is 2.08. The van der Waals surface area contributed by atoms with Gasteiger partial charge in [0, 0.05) is 30.5 Å². The van der Waals surface area contributed by atoms with E-state index in [0.29, 0.717) is 18.8 Å². The highest BCUT2D eigenvalue weighted by atomic mass is 32.1. The number of nitrogens with one attached hydrogen (secondary N) is 2. The van der Waals surface area contributed by atoms with Crippen LogP contribution in [0.5, 0.6) is 0 Å².